The van der Waals surface area contributed by atoms with Crippen LogP contribution in [0.15, 0.2) is 11.6 Å². The highest BCUT2D eigenvalue weighted by molar-refractivity contribution is 5.76. The zero-order chi connectivity index (χ0) is 25.8. The molecule has 10 atom stereocenters. The van der Waals surface area contributed by atoms with Crippen LogP contribution in [0.25, 0.3) is 0 Å². The van der Waals surface area contributed by atoms with Crippen molar-refractivity contribution in [1.29, 1.82) is 0 Å². The van der Waals surface area contributed by atoms with E-state index in [9.17, 15) is 25.2 Å². The number of carboxylic acids is 1. The first-order chi connectivity index (χ1) is 16.1. The lowest BCUT2D eigenvalue weighted by Crippen LogP contribution is -2.69. The monoisotopic (exact) mass is 488 g/mol. The zero-order valence-corrected chi connectivity index (χ0v) is 22.7. The molecule has 5 aliphatic rings. The van der Waals surface area contributed by atoms with E-state index in [-0.39, 0.29) is 40.6 Å². The van der Waals surface area contributed by atoms with Crippen molar-refractivity contribution in [2.45, 2.75) is 112 Å². The van der Waals surface area contributed by atoms with Crippen molar-refractivity contribution in [1.82, 2.24) is 0 Å². The summed E-state index contributed by atoms with van der Waals surface area (Å²) in [7, 11) is 0. The van der Waals surface area contributed by atoms with Crippen molar-refractivity contribution < 1.29 is 25.2 Å². The molecular weight excluding hydrogens is 440 g/mol. The maximum absolute atomic E-state index is 12.8. The Bertz CT molecular complexity index is 941. The fraction of sp³-hybridized carbons (Fsp3) is 0.900. The second kappa shape index (κ2) is 7.57. The molecule has 5 rings (SSSR count). The van der Waals surface area contributed by atoms with E-state index < -0.39 is 34.4 Å². The minimum Gasteiger partial charge on any atom is -0.481 e. The van der Waals surface area contributed by atoms with E-state index in [1.807, 2.05) is 6.92 Å². The largest absolute Gasteiger partial charge is 0.481 e. The fourth-order valence-corrected chi connectivity index (χ4v) is 10.6. The van der Waals surface area contributed by atoms with Crippen LogP contribution in [-0.4, -0.2) is 45.2 Å². The van der Waals surface area contributed by atoms with Gasteiger partial charge >= 0.3 is 5.97 Å². The predicted molar refractivity (Wildman–Crippen MR) is 135 cm³/mol. The average molecular weight is 489 g/mol. The van der Waals surface area contributed by atoms with Crippen molar-refractivity contribution in [3.63, 3.8) is 0 Å². The minimum atomic E-state index is -0.703. The van der Waals surface area contributed by atoms with Crippen LogP contribution in [0.3, 0.4) is 0 Å². The summed E-state index contributed by atoms with van der Waals surface area (Å²) in [5, 5.41) is 43.4. The summed E-state index contributed by atoms with van der Waals surface area (Å²) in [4.78, 5) is 12.8. The van der Waals surface area contributed by atoms with Crippen LogP contribution in [-0.2, 0) is 4.79 Å². The highest BCUT2D eigenvalue weighted by atomic mass is 16.4. The van der Waals surface area contributed by atoms with Crippen LogP contribution in [0, 0.1) is 50.2 Å². The molecule has 0 aromatic rings. The Morgan fingerprint density at radius 3 is 2.23 bits per heavy atom. The lowest BCUT2D eigenvalue weighted by Gasteiger charge is -2.72. The van der Waals surface area contributed by atoms with Crippen molar-refractivity contribution in [3.05, 3.63) is 11.6 Å². The molecule has 5 aliphatic carbocycles. The van der Waals surface area contributed by atoms with Gasteiger partial charge in [-0.15, -0.1) is 0 Å². The van der Waals surface area contributed by atoms with Crippen molar-refractivity contribution >= 4 is 5.97 Å². The number of fused-ring (bicyclic) bond motifs is 7. The Hall–Kier alpha value is -0.910. The molecule has 0 aromatic carbocycles. The number of rotatable bonds is 2. The van der Waals surface area contributed by atoms with Gasteiger partial charge < -0.3 is 20.4 Å². The maximum atomic E-state index is 12.8. The molecule has 0 heterocycles. The molecule has 1 unspecified atom stereocenters. The second-order valence-corrected chi connectivity index (χ2v) is 15.0. The SMILES string of the molecule is CC1(C)CCC2(C(=O)O)CC[C@]3(C)C(=CC[C@@H]4[C@@]5(C)[C@H](O)C[C@H](O)[C@@](C)(CO)[C@@H]5CC[C@]43C)[C@@H]2C1. The third kappa shape index (κ3) is 3.01. The molecule has 0 amide bonds. The summed E-state index contributed by atoms with van der Waals surface area (Å²) >= 11 is 0. The third-order valence-electron chi connectivity index (χ3n) is 13.3. The molecule has 0 radical (unpaired) electrons. The van der Waals surface area contributed by atoms with Gasteiger partial charge in [0.2, 0.25) is 0 Å². The number of carbonyl (C=O) groups is 1. The van der Waals surface area contributed by atoms with E-state index in [0.29, 0.717) is 6.42 Å². The van der Waals surface area contributed by atoms with Gasteiger partial charge in [-0.3, -0.25) is 4.79 Å². The summed E-state index contributed by atoms with van der Waals surface area (Å²) in [5.74, 6) is -0.263. The van der Waals surface area contributed by atoms with Gasteiger partial charge in [0.1, 0.15) is 0 Å². The zero-order valence-electron chi connectivity index (χ0n) is 22.7. The van der Waals surface area contributed by atoms with Gasteiger partial charge in [-0.05, 0) is 85.4 Å². The first-order valence-electron chi connectivity index (χ1n) is 14.0. The number of aliphatic hydroxyl groups excluding tert-OH is 3. The Kier molecular flexibility index (Phi) is 5.56. The highest BCUT2D eigenvalue weighted by Gasteiger charge is 2.71. The van der Waals surface area contributed by atoms with Gasteiger partial charge in [-0.2, -0.15) is 0 Å². The van der Waals surface area contributed by atoms with Crippen LogP contribution < -0.4 is 0 Å². The van der Waals surface area contributed by atoms with Crippen molar-refractivity contribution in [3.8, 4) is 0 Å². The van der Waals surface area contributed by atoms with Crippen LogP contribution in [0.4, 0.5) is 0 Å². The van der Waals surface area contributed by atoms with E-state index in [4.69, 9.17) is 0 Å². The van der Waals surface area contributed by atoms with Crippen LogP contribution in [0.5, 0.6) is 0 Å². The quantitative estimate of drug-likeness (QED) is 0.402. The summed E-state index contributed by atoms with van der Waals surface area (Å²) in [5.41, 5.74) is -0.297. The van der Waals surface area contributed by atoms with Gasteiger partial charge in [0.05, 0.1) is 24.2 Å². The van der Waals surface area contributed by atoms with E-state index in [0.717, 1.165) is 51.4 Å². The molecule has 0 bridgehead atoms. The molecule has 4 N–H and O–H groups in total. The smallest absolute Gasteiger partial charge is 0.310 e. The molecule has 0 spiro atoms. The van der Waals surface area contributed by atoms with Gasteiger partial charge in [-0.25, -0.2) is 0 Å². The third-order valence-corrected chi connectivity index (χ3v) is 13.3. The number of hydrogen-bond donors (Lipinski definition) is 4. The molecule has 35 heavy (non-hydrogen) atoms. The number of allylic oxidation sites excluding steroid dienone is 2. The van der Waals surface area contributed by atoms with Crippen LogP contribution in [0.1, 0.15) is 99.3 Å². The van der Waals surface area contributed by atoms with Gasteiger partial charge in [-0.1, -0.05) is 53.2 Å². The Labute approximate surface area is 211 Å². The molecule has 0 aliphatic heterocycles. The molecule has 5 heteroatoms. The van der Waals surface area contributed by atoms with Gasteiger partial charge in [0, 0.05) is 17.3 Å². The molecular formula is C30H48O5. The van der Waals surface area contributed by atoms with E-state index in [1.165, 1.54) is 5.57 Å². The van der Waals surface area contributed by atoms with Crippen LogP contribution in [0.2, 0.25) is 0 Å². The van der Waals surface area contributed by atoms with Crippen molar-refractivity contribution in [2.75, 3.05) is 6.61 Å². The molecule has 5 nitrogen and oxygen atoms in total. The normalized spacial score (nSPS) is 55.0. The number of aliphatic carboxylic acids is 1. The van der Waals surface area contributed by atoms with Gasteiger partial charge in [0.15, 0.2) is 0 Å². The topological polar surface area (TPSA) is 98.0 Å². The lowest BCUT2D eigenvalue weighted by molar-refractivity contribution is -0.253. The van der Waals surface area contributed by atoms with Crippen molar-refractivity contribution in [2.24, 2.45) is 50.2 Å². The fourth-order valence-electron chi connectivity index (χ4n) is 10.6. The maximum Gasteiger partial charge on any atom is 0.310 e. The highest BCUT2D eigenvalue weighted by Crippen LogP contribution is 2.75. The molecule has 0 saturated heterocycles. The standard InChI is InChI=1S/C30H48O5/c1-25(2)11-13-30(24(34)35)14-12-27(4)18(19(30)16-25)7-8-21-28(27,5)10-9-20-26(3,17-31)22(32)15-23(33)29(20,21)6/h7,19-23,31-33H,8-17H2,1-6H3,(H,34,35)/t19-,20-,21-,22-,23+,26-,27+,28+,29-,30?/m0/s1. The number of hydrogen-bond acceptors (Lipinski definition) is 4. The van der Waals surface area contributed by atoms with E-state index >= 15 is 0 Å². The van der Waals surface area contributed by atoms with Crippen LogP contribution >= 0.6 is 0 Å². The predicted octanol–water partition coefficient (Wildman–Crippen LogP) is 5.18. The van der Waals surface area contributed by atoms with Gasteiger partial charge in [0.25, 0.3) is 0 Å². The number of carboxylic acid groups (broad SMARTS) is 1. The summed E-state index contributed by atoms with van der Waals surface area (Å²) < 4.78 is 0. The van der Waals surface area contributed by atoms with E-state index in [1.54, 1.807) is 0 Å². The Balaban J connectivity index is 1.62. The minimum absolute atomic E-state index is 0.0469. The molecule has 4 fully saturated rings. The summed E-state index contributed by atoms with van der Waals surface area (Å²) in [6, 6.07) is 0. The second-order valence-electron chi connectivity index (χ2n) is 15.0. The Morgan fingerprint density at radius 1 is 0.943 bits per heavy atom. The summed E-state index contributed by atoms with van der Waals surface area (Å²) in [6.45, 7) is 13.6. The molecule has 198 valence electrons. The summed E-state index contributed by atoms with van der Waals surface area (Å²) in [6.07, 6.45) is 8.36. The first kappa shape index (κ1) is 25.7. The lowest BCUT2D eigenvalue weighted by atomic mass is 9.33. The average Bonchev–Trinajstić information content (AvgIpc) is 2.77. The Morgan fingerprint density at radius 2 is 1.60 bits per heavy atom. The number of aliphatic hydroxyl groups is 3. The first-order valence-corrected chi connectivity index (χ1v) is 14.0. The molecule has 0 aromatic heterocycles. The van der Waals surface area contributed by atoms with E-state index in [2.05, 4.69) is 40.7 Å². The molecule has 4 saturated carbocycles.